The molecule has 0 radical (unpaired) electrons. The zero-order valence-electron chi connectivity index (χ0n) is 17.6. The number of rotatable bonds is 12. The van der Waals surface area contributed by atoms with Crippen molar-refractivity contribution in [2.24, 2.45) is 0 Å². The van der Waals surface area contributed by atoms with Crippen molar-refractivity contribution in [2.45, 2.75) is 39.5 Å². The summed E-state index contributed by atoms with van der Waals surface area (Å²) in [7, 11) is 4.17. The Hall–Kier alpha value is -1.99. The molecule has 0 atom stereocenters. The standard InChI is InChI=1S/C21H33N5OS/c1-5-6-13-26(14-11-20(27)22-12-15-25(3)4)21-23-19(24-28-21)16-18-9-7-17(2)8-10-18/h7-10H,5-6,11-16H2,1-4H3,(H,22,27)/p+1. The number of hydrogen-bond acceptors (Lipinski definition) is 5. The number of quaternary nitrogens is 1. The molecule has 0 aliphatic heterocycles. The van der Waals surface area contributed by atoms with Gasteiger partial charge >= 0.3 is 0 Å². The van der Waals surface area contributed by atoms with E-state index in [0.717, 1.165) is 49.9 Å². The molecule has 2 aromatic rings. The molecule has 0 unspecified atom stereocenters. The SMILES string of the molecule is CCCCN(CCC(=O)NCC[NH+](C)C)c1nc(Cc2ccc(C)cc2)ns1. The first-order chi connectivity index (χ1) is 13.5. The van der Waals surface area contributed by atoms with Gasteiger partial charge in [-0.3, -0.25) is 4.79 Å². The molecule has 2 rings (SSSR count). The van der Waals surface area contributed by atoms with E-state index in [0.29, 0.717) is 13.0 Å². The van der Waals surface area contributed by atoms with Gasteiger partial charge in [0.15, 0.2) is 0 Å². The Bertz CT molecular complexity index is 714. The van der Waals surface area contributed by atoms with Crippen molar-refractivity contribution >= 4 is 22.6 Å². The average molecular weight is 405 g/mol. The van der Waals surface area contributed by atoms with Crippen LogP contribution in [0, 0.1) is 6.92 Å². The van der Waals surface area contributed by atoms with Crippen molar-refractivity contribution in [1.29, 1.82) is 0 Å². The van der Waals surface area contributed by atoms with E-state index in [4.69, 9.17) is 4.98 Å². The Morgan fingerprint density at radius 2 is 1.96 bits per heavy atom. The van der Waals surface area contributed by atoms with Crippen LogP contribution in [-0.4, -0.2) is 55.5 Å². The lowest BCUT2D eigenvalue weighted by atomic mass is 10.1. The Morgan fingerprint density at radius 3 is 2.64 bits per heavy atom. The monoisotopic (exact) mass is 404 g/mol. The molecule has 0 fully saturated rings. The topological polar surface area (TPSA) is 62.6 Å². The first-order valence-corrected chi connectivity index (χ1v) is 10.9. The Kier molecular flexibility index (Phi) is 9.37. The minimum atomic E-state index is 0.104. The van der Waals surface area contributed by atoms with Gasteiger partial charge in [0.2, 0.25) is 11.0 Å². The summed E-state index contributed by atoms with van der Waals surface area (Å²) in [5.74, 6) is 0.955. The van der Waals surface area contributed by atoms with Crippen molar-refractivity contribution in [3.63, 3.8) is 0 Å². The molecule has 0 spiro atoms. The van der Waals surface area contributed by atoms with Gasteiger partial charge in [-0.25, -0.2) is 4.98 Å². The van der Waals surface area contributed by atoms with Gasteiger partial charge in [0, 0.05) is 37.5 Å². The highest BCUT2D eigenvalue weighted by molar-refractivity contribution is 7.09. The summed E-state index contributed by atoms with van der Waals surface area (Å²) in [6.45, 7) is 7.51. The molecule has 1 aromatic carbocycles. The zero-order chi connectivity index (χ0) is 20.4. The second-order valence-electron chi connectivity index (χ2n) is 7.55. The van der Waals surface area contributed by atoms with Gasteiger partial charge in [0.05, 0.1) is 27.2 Å². The summed E-state index contributed by atoms with van der Waals surface area (Å²) < 4.78 is 4.54. The van der Waals surface area contributed by atoms with E-state index in [9.17, 15) is 4.79 Å². The van der Waals surface area contributed by atoms with E-state index >= 15 is 0 Å². The second-order valence-corrected chi connectivity index (χ2v) is 8.28. The number of amides is 1. The van der Waals surface area contributed by atoms with Crippen molar-refractivity contribution in [2.75, 3.05) is 45.2 Å². The Balaban J connectivity index is 1.91. The van der Waals surface area contributed by atoms with Gasteiger partial charge in [-0.1, -0.05) is 43.2 Å². The first kappa shape index (κ1) is 22.3. The third kappa shape index (κ3) is 7.94. The number of aryl methyl sites for hydroxylation is 1. The van der Waals surface area contributed by atoms with Gasteiger partial charge in [-0.15, -0.1) is 0 Å². The highest BCUT2D eigenvalue weighted by atomic mass is 32.1. The van der Waals surface area contributed by atoms with E-state index < -0.39 is 0 Å². The number of unbranched alkanes of at least 4 members (excludes halogenated alkanes) is 1. The van der Waals surface area contributed by atoms with Crippen LogP contribution >= 0.6 is 11.5 Å². The second kappa shape index (κ2) is 11.8. The van der Waals surface area contributed by atoms with Crippen molar-refractivity contribution in [3.05, 3.63) is 41.2 Å². The maximum absolute atomic E-state index is 12.1. The molecular formula is C21H34N5OS+. The number of benzene rings is 1. The van der Waals surface area contributed by atoms with Crippen LogP contribution in [0.3, 0.4) is 0 Å². The number of nitrogens with zero attached hydrogens (tertiary/aromatic N) is 3. The lowest BCUT2D eigenvalue weighted by Crippen LogP contribution is -3.06. The van der Waals surface area contributed by atoms with E-state index in [2.05, 4.69) is 66.8 Å². The minimum Gasteiger partial charge on any atom is -0.350 e. The van der Waals surface area contributed by atoms with Crippen LogP contribution in [0.1, 0.15) is 43.1 Å². The van der Waals surface area contributed by atoms with Crippen LogP contribution in [-0.2, 0) is 11.2 Å². The Labute approximate surface area is 173 Å². The van der Waals surface area contributed by atoms with Gasteiger partial charge in [0.25, 0.3) is 0 Å². The van der Waals surface area contributed by atoms with Gasteiger partial charge in [-0.05, 0) is 18.9 Å². The van der Waals surface area contributed by atoms with Crippen molar-refractivity contribution in [1.82, 2.24) is 14.7 Å². The third-order valence-corrected chi connectivity index (χ3v) is 5.36. The lowest BCUT2D eigenvalue weighted by molar-refractivity contribution is -0.856. The predicted octanol–water partition coefficient (Wildman–Crippen LogP) is 1.69. The van der Waals surface area contributed by atoms with E-state index in [1.807, 2.05) is 0 Å². The molecule has 0 saturated carbocycles. The number of hydrogen-bond donors (Lipinski definition) is 2. The number of nitrogens with one attached hydrogen (secondary N) is 2. The maximum atomic E-state index is 12.1. The average Bonchev–Trinajstić information content (AvgIpc) is 3.11. The number of carbonyl (C=O) groups excluding carboxylic acids is 1. The molecule has 2 N–H and O–H groups in total. The predicted molar refractivity (Wildman–Crippen MR) is 116 cm³/mol. The lowest BCUT2D eigenvalue weighted by Gasteiger charge is -2.20. The maximum Gasteiger partial charge on any atom is 0.221 e. The van der Waals surface area contributed by atoms with Crippen LogP contribution in [0.5, 0.6) is 0 Å². The summed E-state index contributed by atoms with van der Waals surface area (Å²) in [5, 5.41) is 3.92. The van der Waals surface area contributed by atoms with Gasteiger partial charge in [-0.2, -0.15) is 4.37 Å². The summed E-state index contributed by atoms with van der Waals surface area (Å²) in [5.41, 5.74) is 2.48. The number of aromatic nitrogens is 2. The van der Waals surface area contributed by atoms with Crippen LogP contribution in [0.15, 0.2) is 24.3 Å². The molecule has 28 heavy (non-hydrogen) atoms. The number of carbonyl (C=O) groups is 1. The number of anilines is 1. The zero-order valence-corrected chi connectivity index (χ0v) is 18.4. The fourth-order valence-electron chi connectivity index (χ4n) is 2.76. The van der Waals surface area contributed by atoms with E-state index in [1.54, 1.807) is 0 Å². The van der Waals surface area contributed by atoms with Crippen LogP contribution in [0.4, 0.5) is 5.13 Å². The molecule has 0 bridgehead atoms. The first-order valence-electron chi connectivity index (χ1n) is 10.2. The third-order valence-electron chi connectivity index (χ3n) is 4.55. The summed E-state index contributed by atoms with van der Waals surface area (Å²) in [6.07, 6.45) is 3.42. The summed E-state index contributed by atoms with van der Waals surface area (Å²) >= 11 is 1.43. The Morgan fingerprint density at radius 1 is 1.21 bits per heavy atom. The molecule has 0 aliphatic carbocycles. The quantitative estimate of drug-likeness (QED) is 0.565. The summed E-state index contributed by atoms with van der Waals surface area (Å²) in [6, 6.07) is 8.49. The fourth-order valence-corrected chi connectivity index (χ4v) is 3.50. The molecule has 0 aliphatic rings. The fraction of sp³-hybridized carbons (Fsp3) is 0.571. The van der Waals surface area contributed by atoms with Gasteiger partial charge < -0.3 is 15.1 Å². The normalized spacial score (nSPS) is 11.0. The smallest absolute Gasteiger partial charge is 0.221 e. The van der Waals surface area contributed by atoms with Crippen LogP contribution in [0.25, 0.3) is 0 Å². The van der Waals surface area contributed by atoms with Gasteiger partial charge in [0.1, 0.15) is 5.82 Å². The van der Waals surface area contributed by atoms with E-state index in [1.165, 1.54) is 27.6 Å². The molecule has 154 valence electrons. The summed E-state index contributed by atoms with van der Waals surface area (Å²) in [4.78, 5) is 20.4. The molecule has 1 heterocycles. The van der Waals surface area contributed by atoms with Crippen LogP contribution < -0.4 is 15.1 Å². The molecule has 0 saturated heterocycles. The molecule has 1 aromatic heterocycles. The van der Waals surface area contributed by atoms with Crippen LogP contribution in [0.2, 0.25) is 0 Å². The van der Waals surface area contributed by atoms with Crippen molar-refractivity contribution in [3.8, 4) is 0 Å². The van der Waals surface area contributed by atoms with E-state index in [-0.39, 0.29) is 5.91 Å². The largest absolute Gasteiger partial charge is 0.350 e. The highest BCUT2D eigenvalue weighted by Gasteiger charge is 2.14. The molecule has 6 nitrogen and oxygen atoms in total. The molecular weight excluding hydrogens is 370 g/mol. The van der Waals surface area contributed by atoms with Crippen molar-refractivity contribution < 1.29 is 9.69 Å². The minimum absolute atomic E-state index is 0.104. The highest BCUT2D eigenvalue weighted by Crippen LogP contribution is 2.20. The molecule has 7 heteroatoms. The molecule has 1 amide bonds. The number of likely N-dealkylation sites (N-methyl/N-ethyl adjacent to an activating group) is 1.